The Hall–Kier alpha value is -2.75. The number of aromatic nitrogens is 1. The first-order valence-corrected chi connectivity index (χ1v) is 9.84. The van der Waals surface area contributed by atoms with E-state index in [-0.39, 0.29) is 23.1 Å². The van der Waals surface area contributed by atoms with Gasteiger partial charge in [-0.1, -0.05) is 49.4 Å². The predicted molar refractivity (Wildman–Crippen MR) is 111 cm³/mol. The largest absolute Gasteiger partial charge is 0.324 e. The summed E-state index contributed by atoms with van der Waals surface area (Å²) in [6.07, 6.45) is 5.53. The first-order chi connectivity index (χ1) is 13.5. The Labute approximate surface area is 165 Å². The van der Waals surface area contributed by atoms with Crippen LogP contribution in [-0.4, -0.2) is 10.9 Å². The summed E-state index contributed by atoms with van der Waals surface area (Å²) >= 11 is 0. The fourth-order valence-corrected chi connectivity index (χ4v) is 3.85. The van der Waals surface area contributed by atoms with E-state index < -0.39 is 0 Å². The second kappa shape index (κ2) is 7.34. The number of carbonyl (C=O) groups excluding carboxylic acids is 1. The van der Waals surface area contributed by atoms with E-state index in [1.165, 1.54) is 24.5 Å². The molecule has 1 aliphatic rings. The standard InChI is InChI=1S/C24H25FN2O/c1-16-19-9-6-10-20(25)22(19)26-15-21(16)27-23(28)18(14-24(2)11-12-24)13-17-7-4-3-5-8-17/h3-10,15,18H,11-14H2,1-2H3,(H,27,28). The molecular formula is C24H25FN2O. The lowest BCUT2D eigenvalue weighted by atomic mass is 9.87. The maximum absolute atomic E-state index is 14.0. The third-order valence-electron chi connectivity index (χ3n) is 5.91. The molecule has 4 heteroatoms. The molecule has 1 atom stereocenters. The lowest BCUT2D eigenvalue weighted by molar-refractivity contribution is -0.120. The number of halogens is 1. The van der Waals surface area contributed by atoms with E-state index in [0.29, 0.717) is 11.2 Å². The van der Waals surface area contributed by atoms with Gasteiger partial charge in [0.25, 0.3) is 0 Å². The highest BCUT2D eigenvalue weighted by atomic mass is 19.1. The van der Waals surface area contributed by atoms with E-state index in [1.807, 2.05) is 31.2 Å². The molecule has 4 rings (SSSR count). The van der Waals surface area contributed by atoms with Crippen LogP contribution >= 0.6 is 0 Å². The average molecular weight is 376 g/mol. The SMILES string of the molecule is Cc1c(NC(=O)C(Cc2ccccc2)CC2(C)CC2)cnc2c(F)cccc12. The number of hydrogen-bond acceptors (Lipinski definition) is 2. The lowest BCUT2D eigenvalue weighted by Crippen LogP contribution is -2.27. The van der Waals surface area contributed by atoms with Crippen molar-refractivity contribution in [2.45, 2.75) is 39.5 Å². The number of rotatable bonds is 6. The number of para-hydroxylation sites is 1. The van der Waals surface area contributed by atoms with Gasteiger partial charge in [0, 0.05) is 11.3 Å². The second-order valence-corrected chi connectivity index (χ2v) is 8.32. The minimum absolute atomic E-state index is 0.0117. The van der Waals surface area contributed by atoms with Crippen LogP contribution < -0.4 is 5.32 Å². The minimum atomic E-state index is -0.345. The molecular weight excluding hydrogens is 351 g/mol. The zero-order chi connectivity index (χ0) is 19.7. The van der Waals surface area contributed by atoms with Crippen LogP contribution in [0.4, 0.5) is 10.1 Å². The van der Waals surface area contributed by atoms with Crippen LogP contribution in [0.15, 0.2) is 54.7 Å². The highest BCUT2D eigenvalue weighted by molar-refractivity contribution is 5.96. The van der Waals surface area contributed by atoms with Crippen LogP contribution in [0.25, 0.3) is 10.9 Å². The number of amides is 1. The third kappa shape index (κ3) is 3.91. The van der Waals surface area contributed by atoms with E-state index in [0.717, 1.165) is 23.8 Å². The number of nitrogens with one attached hydrogen (secondary N) is 1. The molecule has 1 unspecified atom stereocenters. The molecule has 1 amide bonds. The molecule has 1 heterocycles. The van der Waals surface area contributed by atoms with Gasteiger partial charge in [-0.25, -0.2) is 4.39 Å². The van der Waals surface area contributed by atoms with Crippen LogP contribution in [0.3, 0.4) is 0 Å². The van der Waals surface area contributed by atoms with Crippen molar-refractivity contribution in [1.29, 1.82) is 0 Å². The molecule has 0 bridgehead atoms. The van der Waals surface area contributed by atoms with Crippen LogP contribution in [-0.2, 0) is 11.2 Å². The van der Waals surface area contributed by atoms with Crippen molar-refractivity contribution in [3.63, 3.8) is 0 Å². The monoisotopic (exact) mass is 376 g/mol. The average Bonchev–Trinajstić information content (AvgIpc) is 3.42. The van der Waals surface area contributed by atoms with Gasteiger partial charge in [0.05, 0.1) is 11.9 Å². The minimum Gasteiger partial charge on any atom is -0.324 e. The van der Waals surface area contributed by atoms with Crippen molar-refractivity contribution < 1.29 is 9.18 Å². The molecule has 0 saturated heterocycles. The maximum Gasteiger partial charge on any atom is 0.227 e. The molecule has 1 aromatic heterocycles. The van der Waals surface area contributed by atoms with E-state index in [2.05, 4.69) is 29.4 Å². The van der Waals surface area contributed by atoms with Crippen molar-refractivity contribution in [3.8, 4) is 0 Å². The molecule has 2 aromatic carbocycles. The highest BCUT2D eigenvalue weighted by Crippen LogP contribution is 2.50. The first kappa shape index (κ1) is 18.6. The fraction of sp³-hybridized carbons (Fsp3) is 0.333. The van der Waals surface area contributed by atoms with E-state index in [4.69, 9.17) is 0 Å². The number of fused-ring (bicyclic) bond motifs is 1. The highest BCUT2D eigenvalue weighted by Gasteiger charge is 2.40. The number of benzene rings is 2. The van der Waals surface area contributed by atoms with Crippen LogP contribution in [0.5, 0.6) is 0 Å². The van der Waals surface area contributed by atoms with Gasteiger partial charge in [-0.2, -0.15) is 0 Å². The summed E-state index contributed by atoms with van der Waals surface area (Å²) < 4.78 is 14.0. The molecule has 0 spiro atoms. The molecule has 28 heavy (non-hydrogen) atoms. The Morgan fingerprint density at radius 2 is 1.93 bits per heavy atom. The Morgan fingerprint density at radius 3 is 2.64 bits per heavy atom. The predicted octanol–water partition coefficient (Wildman–Crippen LogP) is 5.67. The molecule has 1 N–H and O–H groups in total. The molecule has 1 fully saturated rings. The summed E-state index contributed by atoms with van der Waals surface area (Å²) in [5.74, 6) is -0.433. The summed E-state index contributed by atoms with van der Waals surface area (Å²) in [7, 11) is 0. The van der Waals surface area contributed by atoms with E-state index >= 15 is 0 Å². The summed E-state index contributed by atoms with van der Waals surface area (Å²) in [6, 6.07) is 15.1. The van der Waals surface area contributed by atoms with Gasteiger partial charge in [-0.15, -0.1) is 0 Å². The van der Waals surface area contributed by atoms with Crippen molar-refractivity contribution in [2.24, 2.45) is 11.3 Å². The number of aryl methyl sites for hydroxylation is 1. The molecule has 0 radical (unpaired) electrons. The third-order valence-corrected chi connectivity index (χ3v) is 5.91. The molecule has 1 aliphatic carbocycles. The van der Waals surface area contributed by atoms with Crippen molar-refractivity contribution in [2.75, 3.05) is 5.32 Å². The number of carbonyl (C=O) groups is 1. The van der Waals surface area contributed by atoms with Gasteiger partial charge in [-0.05, 0) is 55.2 Å². The zero-order valence-electron chi connectivity index (χ0n) is 16.3. The van der Waals surface area contributed by atoms with Crippen LogP contribution in [0, 0.1) is 24.1 Å². The van der Waals surface area contributed by atoms with E-state index in [9.17, 15) is 9.18 Å². The Morgan fingerprint density at radius 1 is 1.18 bits per heavy atom. The number of nitrogens with zero attached hydrogens (tertiary/aromatic N) is 1. The molecule has 3 nitrogen and oxygen atoms in total. The molecule has 3 aromatic rings. The fourth-order valence-electron chi connectivity index (χ4n) is 3.85. The van der Waals surface area contributed by atoms with Gasteiger partial charge in [0.15, 0.2) is 0 Å². The molecule has 1 saturated carbocycles. The Kier molecular flexibility index (Phi) is 4.88. The summed E-state index contributed by atoms with van der Waals surface area (Å²) in [4.78, 5) is 17.4. The quantitative estimate of drug-likeness (QED) is 0.602. The van der Waals surface area contributed by atoms with Gasteiger partial charge < -0.3 is 5.32 Å². The van der Waals surface area contributed by atoms with Gasteiger partial charge in [0.1, 0.15) is 11.3 Å². The van der Waals surface area contributed by atoms with Crippen LogP contribution in [0.2, 0.25) is 0 Å². The second-order valence-electron chi connectivity index (χ2n) is 8.32. The maximum atomic E-state index is 14.0. The van der Waals surface area contributed by atoms with Gasteiger partial charge >= 0.3 is 0 Å². The zero-order valence-corrected chi connectivity index (χ0v) is 16.3. The molecule has 144 valence electrons. The lowest BCUT2D eigenvalue weighted by Gasteiger charge is -2.21. The normalized spacial score (nSPS) is 16.0. The Bertz CT molecular complexity index is 1010. The number of hydrogen-bond donors (Lipinski definition) is 1. The Balaban J connectivity index is 1.58. The number of anilines is 1. The van der Waals surface area contributed by atoms with Gasteiger partial charge in [0.2, 0.25) is 5.91 Å². The van der Waals surface area contributed by atoms with Crippen molar-refractivity contribution in [3.05, 3.63) is 71.7 Å². The summed E-state index contributed by atoms with van der Waals surface area (Å²) in [5, 5.41) is 3.80. The summed E-state index contributed by atoms with van der Waals surface area (Å²) in [6.45, 7) is 4.15. The van der Waals surface area contributed by atoms with Crippen molar-refractivity contribution in [1.82, 2.24) is 4.98 Å². The van der Waals surface area contributed by atoms with Crippen molar-refractivity contribution >= 4 is 22.5 Å². The smallest absolute Gasteiger partial charge is 0.227 e. The van der Waals surface area contributed by atoms with E-state index in [1.54, 1.807) is 12.3 Å². The number of pyridine rings is 1. The topological polar surface area (TPSA) is 42.0 Å². The summed E-state index contributed by atoms with van der Waals surface area (Å²) in [5.41, 5.74) is 3.28. The molecule has 0 aliphatic heterocycles. The van der Waals surface area contributed by atoms with Crippen LogP contribution in [0.1, 0.15) is 37.3 Å². The first-order valence-electron chi connectivity index (χ1n) is 9.84. The van der Waals surface area contributed by atoms with Gasteiger partial charge in [-0.3, -0.25) is 9.78 Å².